The van der Waals surface area contributed by atoms with Crippen LogP contribution in [0, 0.1) is 0 Å². The summed E-state index contributed by atoms with van der Waals surface area (Å²) in [6, 6.07) is 0. The lowest BCUT2D eigenvalue weighted by Gasteiger charge is -2.09. The van der Waals surface area contributed by atoms with Gasteiger partial charge in [-0.3, -0.25) is 4.98 Å². The van der Waals surface area contributed by atoms with E-state index >= 15 is 0 Å². The Morgan fingerprint density at radius 1 is 1.90 bits per heavy atom. The fourth-order valence-electron chi connectivity index (χ4n) is 0.495. The van der Waals surface area contributed by atoms with E-state index in [1.54, 1.807) is 18.8 Å². The molecule has 2 N–H and O–H groups in total. The Labute approximate surface area is 68.4 Å². The van der Waals surface area contributed by atoms with Gasteiger partial charge in [0.1, 0.15) is 4.99 Å². The number of nitrogens with zero attached hydrogens (tertiary/aromatic N) is 2. The molecule has 1 aromatic rings. The van der Waals surface area contributed by atoms with Crippen molar-refractivity contribution in [2.24, 2.45) is 5.84 Å². The largest absolute Gasteiger partial charge is 0.303 e. The van der Waals surface area contributed by atoms with Gasteiger partial charge in [-0.05, 0) is 0 Å². The molecule has 1 aromatic heterocycles. The second-order valence-electron chi connectivity index (χ2n) is 1.78. The van der Waals surface area contributed by atoms with E-state index in [1.807, 2.05) is 0 Å². The highest BCUT2D eigenvalue weighted by molar-refractivity contribution is 7.81. The zero-order valence-electron chi connectivity index (χ0n) is 5.44. The van der Waals surface area contributed by atoms with Gasteiger partial charge in [-0.25, -0.2) is 5.84 Å². The van der Waals surface area contributed by atoms with Crippen LogP contribution in [0.5, 0.6) is 0 Å². The van der Waals surface area contributed by atoms with E-state index < -0.39 is 0 Å². The fourth-order valence-corrected chi connectivity index (χ4v) is 1.29. The summed E-state index contributed by atoms with van der Waals surface area (Å²) in [6.07, 6.45) is 1.70. The Balaban J connectivity index is 2.78. The zero-order valence-corrected chi connectivity index (χ0v) is 7.08. The summed E-state index contributed by atoms with van der Waals surface area (Å²) in [5.74, 6) is 5.40. The van der Waals surface area contributed by atoms with Crippen LogP contribution in [-0.4, -0.2) is 22.0 Å². The van der Waals surface area contributed by atoms with Gasteiger partial charge in [0.05, 0.1) is 10.4 Å². The number of hydrogen-bond donors (Lipinski definition) is 1. The van der Waals surface area contributed by atoms with Gasteiger partial charge in [0.25, 0.3) is 0 Å². The van der Waals surface area contributed by atoms with E-state index in [0.29, 0.717) is 4.99 Å². The quantitative estimate of drug-likeness (QED) is 0.384. The van der Waals surface area contributed by atoms with E-state index in [9.17, 15) is 0 Å². The highest BCUT2D eigenvalue weighted by Crippen LogP contribution is 2.07. The molecule has 0 aliphatic heterocycles. The van der Waals surface area contributed by atoms with Crippen molar-refractivity contribution in [3.63, 3.8) is 0 Å². The van der Waals surface area contributed by atoms with Gasteiger partial charge in [0, 0.05) is 13.2 Å². The lowest BCUT2D eigenvalue weighted by atomic mass is 10.5. The Kier molecular flexibility index (Phi) is 2.31. The van der Waals surface area contributed by atoms with Crippen LogP contribution in [0.15, 0.2) is 11.7 Å². The van der Waals surface area contributed by atoms with E-state index in [0.717, 1.165) is 4.88 Å². The highest BCUT2D eigenvalue weighted by atomic mass is 32.1. The molecule has 0 spiro atoms. The molecule has 0 fully saturated rings. The number of thiazole rings is 1. The number of nitrogens with two attached hydrogens (primary N) is 1. The predicted molar refractivity (Wildman–Crippen MR) is 45.8 cm³/mol. The highest BCUT2D eigenvalue weighted by Gasteiger charge is 2.03. The van der Waals surface area contributed by atoms with Crippen LogP contribution in [0.4, 0.5) is 0 Å². The molecule has 54 valence electrons. The third kappa shape index (κ3) is 1.50. The lowest BCUT2D eigenvalue weighted by Crippen LogP contribution is -2.31. The van der Waals surface area contributed by atoms with Gasteiger partial charge < -0.3 is 5.01 Å². The van der Waals surface area contributed by atoms with Crippen molar-refractivity contribution in [3.05, 3.63) is 16.6 Å². The molecule has 5 heteroatoms. The van der Waals surface area contributed by atoms with E-state index in [2.05, 4.69) is 4.98 Å². The van der Waals surface area contributed by atoms with Crippen molar-refractivity contribution in [2.75, 3.05) is 7.05 Å². The molecule has 1 rings (SSSR count). The van der Waals surface area contributed by atoms with Gasteiger partial charge in [0.15, 0.2) is 0 Å². The monoisotopic (exact) mass is 173 g/mol. The summed E-state index contributed by atoms with van der Waals surface area (Å²) in [4.78, 5) is 5.43. The average molecular weight is 173 g/mol. The minimum absolute atomic E-state index is 0.627. The van der Waals surface area contributed by atoms with Crippen LogP contribution in [0.1, 0.15) is 4.88 Å². The number of hydrogen-bond acceptors (Lipinski definition) is 4. The van der Waals surface area contributed by atoms with Crippen molar-refractivity contribution in [3.8, 4) is 0 Å². The summed E-state index contributed by atoms with van der Waals surface area (Å²) in [6.45, 7) is 0. The molecule has 0 aliphatic carbocycles. The van der Waals surface area contributed by atoms with Crippen molar-refractivity contribution in [1.29, 1.82) is 0 Å². The lowest BCUT2D eigenvalue weighted by molar-refractivity contribution is 0.551. The number of rotatable bonds is 1. The Bertz CT molecular complexity index is 217. The molecule has 1 heterocycles. The number of aromatic nitrogens is 1. The first kappa shape index (κ1) is 7.59. The first-order valence-corrected chi connectivity index (χ1v) is 3.92. The van der Waals surface area contributed by atoms with E-state index in [1.165, 1.54) is 16.3 Å². The normalized spacial score (nSPS) is 9.40. The van der Waals surface area contributed by atoms with Crippen LogP contribution >= 0.6 is 23.6 Å². The molecule has 0 amide bonds. The molecule has 3 nitrogen and oxygen atoms in total. The van der Waals surface area contributed by atoms with Gasteiger partial charge in [0.2, 0.25) is 0 Å². The van der Waals surface area contributed by atoms with Crippen LogP contribution < -0.4 is 5.84 Å². The average Bonchev–Trinajstić information content (AvgIpc) is 2.36. The van der Waals surface area contributed by atoms with Gasteiger partial charge in [-0.1, -0.05) is 12.2 Å². The van der Waals surface area contributed by atoms with Crippen molar-refractivity contribution >= 4 is 28.5 Å². The summed E-state index contributed by atoms with van der Waals surface area (Å²) in [7, 11) is 1.71. The first-order valence-electron chi connectivity index (χ1n) is 2.63. The Morgan fingerprint density at radius 2 is 2.60 bits per heavy atom. The molecule has 0 atom stereocenters. The van der Waals surface area contributed by atoms with Crippen LogP contribution in [0.2, 0.25) is 0 Å². The van der Waals surface area contributed by atoms with Crippen molar-refractivity contribution in [1.82, 2.24) is 9.99 Å². The maximum absolute atomic E-state index is 5.40. The van der Waals surface area contributed by atoms with E-state index in [4.69, 9.17) is 18.1 Å². The zero-order chi connectivity index (χ0) is 7.56. The van der Waals surface area contributed by atoms with E-state index in [-0.39, 0.29) is 0 Å². The summed E-state index contributed by atoms with van der Waals surface area (Å²) in [5.41, 5.74) is 1.73. The molecule has 0 radical (unpaired) electrons. The summed E-state index contributed by atoms with van der Waals surface area (Å²) < 4.78 is 0. The summed E-state index contributed by atoms with van der Waals surface area (Å²) in [5, 5.41) is 1.41. The third-order valence-electron chi connectivity index (χ3n) is 0.963. The number of hydrazine groups is 1. The SMILES string of the molecule is CN(N)C(=S)c1cncs1. The predicted octanol–water partition coefficient (Wildman–Crippen LogP) is 0.624. The minimum atomic E-state index is 0.627. The molecule has 0 aromatic carbocycles. The minimum Gasteiger partial charge on any atom is -0.303 e. The molecule has 0 unspecified atom stereocenters. The van der Waals surface area contributed by atoms with Crippen molar-refractivity contribution < 1.29 is 0 Å². The molecular weight excluding hydrogens is 166 g/mol. The van der Waals surface area contributed by atoms with Crippen LogP contribution in [0.3, 0.4) is 0 Å². The maximum Gasteiger partial charge on any atom is 0.134 e. The smallest absolute Gasteiger partial charge is 0.134 e. The first-order chi connectivity index (χ1) is 4.72. The van der Waals surface area contributed by atoms with Crippen molar-refractivity contribution in [2.45, 2.75) is 0 Å². The molecule has 0 saturated heterocycles. The second kappa shape index (κ2) is 3.05. The fraction of sp³-hybridized carbons (Fsp3) is 0.200. The Morgan fingerprint density at radius 3 is 3.00 bits per heavy atom. The maximum atomic E-state index is 5.40. The standard InChI is InChI=1S/C5H7N3S2/c1-8(6)5(9)4-2-7-3-10-4/h2-3H,6H2,1H3. The van der Waals surface area contributed by atoms with Crippen LogP contribution in [0.25, 0.3) is 0 Å². The summed E-state index contributed by atoms with van der Waals surface area (Å²) >= 11 is 6.45. The number of thiocarbonyl (C=S) groups is 1. The Hall–Kier alpha value is -0.520. The third-order valence-corrected chi connectivity index (χ3v) is 2.38. The van der Waals surface area contributed by atoms with Gasteiger partial charge in [-0.15, -0.1) is 11.3 Å². The second-order valence-corrected chi connectivity index (χ2v) is 3.05. The topological polar surface area (TPSA) is 42.1 Å². The molecular formula is C5H7N3S2. The molecule has 10 heavy (non-hydrogen) atoms. The molecule has 0 bridgehead atoms. The van der Waals surface area contributed by atoms with Gasteiger partial charge >= 0.3 is 0 Å². The van der Waals surface area contributed by atoms with Gasteiger partial charge in [-0.2, -0.15) is 0 Å². The van der Waals surface area contributed by atoms with Crippen LogP contribution in [-0.2, 0) is 0 Å². The molecule has 0 saturated carbocycles. The molecule has 0 aliphatic rings.